The maximum absolute atomic E-state index is 12.6. The van der Waals surface area contributed by atoms with Crippen LogP contribution in [-0.4, -0.2) is 24.5 Å². The lowest BCUT2D eigenvalue weighted by Gasteiger charge is -2.09. The topological polar surface area (TPSA) is 101 Å². The fourth-order valence-electron chi connectivity index (χ4n) is 2.22. The number of halogens is 1. The number of hydrogen-bond acceptors (Lipinski definition) is 6. The van der Waals surface area contributed by atoms with Crippen LogP contribution in [0.2, 0.25) is 5.02 Å². The molecule has 0 radical (unpaired) electrons. The summed E-state index contributed by atoms with van der Waals surface area (Å²) < 4.78 is 27.7. The third-order valence-corrected chi connectivity index (χ3v) is 6.43. The van der Waals surface area contributed by atoms with Crippen LogP contribution in [0.5, 0.6) is 0 Å². The zero-order valence-corrected chi connectivity index (χ0v) is 17.4. The molecule has 0 saturated carbocycles. The van der Waals surface area contributed by atoms with Gasteiger partial charge < -0.3 is 0 Å². The minimum atomic E-state index is -3.86. The third kappa shape index (κ3) is 4.86. The van der Waals surface area contributed by atoms with Crippen molar-refractivity contribution in [3.63, 3.8) is 0 Å². The first-order chi connectivity index (χ1) is 13.2. The fraction of sp³-hybridized carbons (Fsp3) is 0.167. The molecule has 0 aliphatic carbocycles. The number of benzene rings is 2. The predicted molar refractivity (Wildman–Crippen MR) is 111 cm³/mol. The molecular formula is C18H17ClN4O3S2. The van der Waals surface area contributed by atoms with Crippen LogP contribution in [0.15, 0.2) is 53.4 Å². The van der Waals surface area contributed by atoms with E-state index in [1.165, 1.54) is 35.6 Å². The predicted octanol–water partition coefficient (Wildman–Crippen LogP) is 4.37. The molecule has 7 nitrogen and oxygen atoms in total. The van der Waals surface area contributed by atoms with Crippen LogP contribution in [0.25, 0.3) is 0 Å². The van der Waals surface area contributed by atoms with Gasteiger partial charge in [-0.3, -0.25) is 14.8 Å². The van der Waals surface area contributed by atoms with Gasteiger partial charge >= 0.3 is 0 Å². The van der Waals surface area contributed by atoms with E-state index in [2.05, 4.69) is 20.2 Å². The summed E-state index contributed by atoms with van der Waals surface area (Å²) in [5.41, 5.74) is 0.564. The zero-order valence-electron chi connectivity index (χ0n) is 15.0. The highest BCUT2D eigenvalue weighted by atomic mass is 35.5. The van der Waals surface area contributed by atoms with Gasteiger partial charge in [-0.25, -0.2) is 8.42 Å². The monoisotopic (exact) mass is 436 g/mol. The second-order valence-corrected chi connectivity index (χ2v) is 9.32. The first-order valence-corrected chi connectivity index (χ1v) is 11.0. The quantitative estimate of drug-likeness (QED) is 0.597. The summed E-state index contributed by atoms with van der Waals surface area (Å²) in [7, 11) is -3.86. The van der Waals surface area contributed by atoms with Crippen molar-refractivity contribution < 1.29 is 13.2 Å². The Morgan fingerprint density at radius 3 is 2.46 bits per heavy atom. The first-order valence-electron chi connectivity index (χ1n) is 8.28. The van der Waals surface area contributed by atoms with E-state index in [0.717, 1.165) is 5.01 Å². The highest BCUT2D eigenvalue weighted by Crippen LogP contribution is 2.23. The number of carbonyl (C=O) groups excluding carboxylic acids is 1. The van der Waals surface area contributed by atoms with E-state index in [-0.39, 0.29) is 16.4 Å². The average Bonchev–Trinajstić information content (AvgIpc) is 3.12. The summed E-state index contributed by atoms with van der Waals surface area (Å²) >= 11 is 7.09. The molecule has 28 heavy (non-hydrogen) atoms. The molecule has 0 atom stereocenters. The number of nitrogens with zero attached hydrogens (tertiary/aromatic N) is 2. The number of nitrogens with one attached hydrogen (secondary N) is 2. The number of aromatic nitrogens is 2. The normalized spacial score (nSPS) is 11.4. The summed E-state index contributed by atoms with van der Waals surface area (Å²) in [6.45, 7) is 3.96. The molecule has 146 valence electrons. The van der Waals surface area contributed by atoms with Crippen molar-refractivity contribution in [2.45, 2.75) is 24.7 Å². The summed E-state index contributed by atoms with van der Waals surface area (Å²) in [5.74, 6) is -0.259. The molecule has 0 fully saturated rings. The van der Waals surface area contributed by atoms with E-state index in [9.17, 15) is 13.2 Å². The molecule has 2 aromatic carbocycles. The van der Waals surface area contributed by atoms with Gasteiger partial charge in [-0.1, -0.05) is 42.9 Å². The van der Waals surface area contributed by atoms with Gasteiger partial charge in [0.1, 0.15) is 5.01 Å². The molecule has 3 rings (SSSR count). The molecular weight excluding hydrogens is 420 g/mol. The molecule has 0 aliphatic heterocycles. The molecule has 3 aromatic rings. The van der Waals surface area contributed by atoms with Gasteiger partial charge in [0, 0.05) is 22.2 Å². The Hall–Kier alpha value is -2.49. The van der Waals surface area contributed by atoms with E-state index in [0.29, 0.717) is 15.8 Å². The van der Waals surface area contributed by atoms with Gasteiger partial charge in [-0.2, -0.15) is 0 Å². The number of carbonyl (C=O) groups is 1. The smallest absolute Gasteiger partial charge is 0.261 e. The van der Waals surface area contributed by atoms with Crippen molar-refractivity contribution >= 4 is 49.7 Å². The molecule has 0 spiro atoms. The van der Waals surface area contributed by atoms with Crippen molar-refractivity contribution in [2.24, 2.45) is 0 Å². The largest absolute Gasteiger partial charge is 0.296 e. The molecule has 1 aromatic heterocycles. The lowest BCUT2D eigenvalue weighted by molar-refractivity contribution is 0.102. The summed E-state index contributed by atoms with van der Waals surface area (Å²) in [5, 5.41) is 12.3. The second kappa shape index (κ2) is 8.26. The third-order valence-electron chi connectivity index (χ3n) is 3.66. The van der Waals surface area contributed by atoms with Crippen LogP contribution in [0, 0.1) is 0 Å². The Bertz CT molecular complexity index is 1100. The zero-order chi connectivity index (χ0) is 20.3. The lowest BCUT2D eigenvalue weighted by Crippen LogP contribution is -2.16. The average molecular weight is 437 g/mol. The Kier molecular flexibility index (Phi) is 5.97. The number of anilines is 2. The second-order valence-electron chi connectivity index (χ2n) is 6.19. The van der Waals surface area contributed by atoms with Gasteiger partial charge in [0.15, 0.2) is 0 Å². The molecule has 1 amide bonds. The van der Waals surface area contributed by atoms with Crippen molar-refractivity contribution in [1.82, 2.24) is 10.2 Å². The molecule has 0 unspecified atom stereocenters. The molecule has 1 heterocycles. The number of amides is 1. The SMILES string of the molecule is CC(C)c1nnc(NC(=O)c2cccc(S(=O)(=O)Nc3ccc(Cl)cc3)c2)s1. The van der Waals surface area contributed by atoms with Gasteiger partial charge in [-0.15, -0.1) is 10.2 Å². The Balaban J connectivity index is 1.78. The van der Waals surface area contributed by atoms with E-state index < -0.39 is 15.9 Å². The van der Waals surface area contributed by atoms with Crippen molar-refractivity contribution in [3.05, 3.63) is 64.1 Å². The van der Waals surface area contributed by atoms with Crippen LogP contribution in [0.1, 0.15) is 35.1 Å². The molecule has 2 N–H and O–H groups in total. The van der Waals surface area contributed by atoms with Gasteiger partial charge in [-0.05, 0) is 42.5 Å². The summed E-state index contributed by atoms with van der Waals surface area (Å²) in [6.07, 6.45) is 0. The minimum Gasteiger partial charge on any atom is -0.296 e. The van der Waals surface area contributed by atoms with Crippen LogP contribution >= 0.6 is 22.9 Å². The van der Waals surface area contributed by atoms with Crippen LogP contribution in [0.3, 0.4) is 0 Å². The molecule has 0 bridgehead atoms. The van der Waals surface area contributed by atoms with E-state index in [4.69, 9.17) is 11.6 Å². The van der Waals surface area contributed by atoms with Gasteiger partial charge in [0.25, 0.3) is 15.9 Å². The van der Waals surface area contributed by atoms with Crippen LogP contribution in [0.4, 0.5) is 10.8 Å². The summed E-state index contributed by atoms with van der Waals surface area (Å²) in [4.78, 5) is 12.4. The van der Waals surface area contributed by atoms with E-state index in [1.54, 1.807) is 24.3 Å². The van der Waals surface area contributed by atoms with E-state index >= 15 is 0 Å². The van der Waals surface area contributed by atoms with Crippen molar-refractivity contribution in [3.8, 4) is 0 Å². The molecule has 0 saturated heterocycles. The Morgan fingerprint density at radius 1 is 1.11 bits per heavy atom. The van der Waals surface area contributed by atoms with Crippen LogP contribution in [-0.2, 0) is 10.0 Å². The first kappa shape index (κ1) is 20.2. The maximum atomic E-state index is 12.6. The van der Waals surface area contributed by atoms with Crippen LogP contribution < -0.4 is 10.0 Å². The minimum absolute atomic E-state index is 0.0322. The highest BCUT2D eigenvalue weighted by Gasteiger charge is 2.18. The standard InChI is InChI=1S/C18H17ClN4O3S2/c1-11(2)17-21-22-18(27-17)20-16(24)12-4-3-5-15(10-12)28(25,26)23-14-8-6-13(19)7-9-14/h3-11,23H,1-2H3,(H,20,22,24). The van der Waals surface area contributed by atoms with Crippen molar-refractivity contribution in [2.75, 3.05) is 10.0 Å². The van der Waals surface area contributed by atoms with Crippen molar-refractivity contribution in [1.29, 1.82) is 0 Å². The molecule has 10 heteroatoms. The molecule has 0 aliphatic rings. The van der Waals surface area contributed by atoms with E-state index in [1.807, 2.05) is 13.8 Å². The number of rotatable bonds is 6. The number of sulfonamides is 1. The fourth-order valence-corrected chi connectivity index (χ4v) is 4.20. The Labute approximate surface area is 171 Å². The summed E-state index contributed by atoms with van der Waals surface area (Å²) in [6, 6.07) is 12.0. The van der Waals surface area contributed by atoms with Gasteiger partial charge in [0.05, 0.1) is 4.90 Å². The number of hydrogen-bond donors (Lipinski definition) is 2. The lowest BCUT2D eigenvalue weighted by atomic mass is 10.2. The van der Waals surface area contributed by atoms with Gasteiger partial charge in [0.2, 0.25) is 5.13 Å². The highest BCUT2D eigenvalue weighted by molar-refractivity contribution is 7.92. The Morgan fingerprint density at radius 2 is 1.82 bits per heavy atom. The maximum Gasteiger partial charge on any atom is 0.261 e.